The van der Waals surface area contributed by atoms with Crippen molar-refractivity contribution in [1.82, 2.24) is 0 Å². The van der Waals surface area contributed by atoms with Crippen molar-refractivity contribution < 1.29 is 18.0 Å². The van der Waals surface area contributed by atoms with Crippen LogP contribution in [-0.4, -0.2) is 11.1 Å². The van der Waals surface area contributed by atoms with Gasteiger partial charge in [-0.25, -0.2) is 0 Å². The van der Waals surface area contributed by atoms with E-state index in [-0.39, 0.29) is 16.7 Å². The maximum Gasteiger partial charge on any atom is 0.417 e. The SMILES string of the molecule is O=C(CBr)c1ccc(-c2ccccc2C(F)(F)F)cc1. The molecule has 2 rings (SSSR count). The van der Waals surface area contributed by atoms with Crippen molar-refractivity contribution >= 4 is 21.7 Å². The van der Waals surface area contributed by atoms with Crippen LogP contribution in [0.2, 0.25) is 0 Å². The second kappa shape index (κ2) is 5.79. The zero-order valence-corrected chi connectivity index (χ0v) is 11.8. The van der Waals surface area contributed by atoms with Crippen LogP contribution in [0.5, 0.6) is 0 Å². The van der Waals surface area contributed by atoms with Crippen LogP contribution in [-0.2, 0) is 6.18 Å². The van der Waals surface area contributed by atoms with Crippen molar-refractivity contribution in [2.75, 3.05) is 5.33 Å². The molecule has 0 radical (unpaired) electrons. The van der Waals surface area contributed by atoms with E-state index >= 15 is 0 Å². The summed E-state index contributed by atoms with van der Waals surface area (Å²) in [5, 5.41) is 0.186. The van der Waals surface area contributed by atoms with E-state index in [0.717, 1.165) is 6.07 Å². The molecule has 20 heavy (non-hydrogen) atoms. The van der Waals surface area contributed by atoms with E-state index in [0.29, 0.717) is 11.1 Å². The second-order valence-corrected chi connectivity index (χ2v) is 4.74. The molecule has 5 heteroatoms. The molecule has 0 atom stereocenters. The highest BCUT2D eigenvalue weighted by Crippen LogP contribution is 2.36. The first kappa shape index (κ1) is 14.8. The largest absolute Gasteiger partial charge is 0.417 e. The third-order valence-corrected chi connectivity index (χ3v) is 3.38. The van der Waals surface area contributed by atoms with Gasteiger partial charge in [0.25, 0.3) is 0 Å². The summed E-state index contributed by atoms with van der Waals surface area (Å²) in [5.41, 5.74) is 0.330. The summed E-state index contributed by atoms with van der Waals surface area (Å²) >= 11 is 3.05. The number of benzene rings is 2. The molecule has 0 aliphatic rings. The number of hydrogen-bond donors (Lipinski definition) is 0. The molecule has 0 spiro atoms. The minimum Gasteiger partial charge on any atom is -0.293 e. The molecule has 2 aromatic rings. The summed E-state index contributed by atoms with van der Waals surface area (Å²) in [6.45, 7) is 0. The Morgan fingerprint density at radius 3 is 2.15 bits per heavy atom. The summed E-state index contributed by atoms with van der Waals surface area (Å²) in [6, 6.07) is 11.5. The molecular formula is C15H10BrF3O. The van der Waals surface area contributed by atoms with Crippen molar-refractivity contribution in [3.8, 4) is 11.1 Å². The fraction of sp³-hybridized carbons (Fsp3) is 0.133. The Morgan fingerprint density at radius 1 is 1.00 bits per heavy atom. The van der Waals surface area contributed by atoms with Gasteiger partial charge in [-0.3, -0.25) is 4.79 Å². The minimum absolute atomic E-state index is 0.109. The number of rotatable bonds is 3. The topological polar surface area (TPSA) is 17.1 Å². The maximum absolute atomic E-state index is 12.9. The number of halogens is 4. The lowest BCUT2D eigenvalue weighted by Gasteiger charge is -2.12. The number of carbonyl (C=O) groups excluding carboxylic acids is 1. The van der Waals surface area contributed by atoms with Crippen LogP contribution in [0.3, 0.4) is 0 Å². The maximum atomic E-state index is 12.9. The summed E-state index contributed by atoms with van der Waals surface area (Å²) < 4.78 is 38.8. The molecule has 104 valence electrons. The molecule has 0 N–H and O–H groups in total. The van der Waals surface area contributed by atoms with E-state index in [1.807, 2.05) is 0 Å². The van der Waals surface area contributed by atoms with Gasteiger partial charge in [0.05, 0.1) is 10.9 Å². The zero-order chi connectivity index (χ0) is 14.8. The van der Waals surface area contributed by atoms with Gasteiger partial charge < -0.3 is 0 Å². The van der Waals surface area contributed by atoms with Crippen LogP contribution < -0.4 is 0 Å². The van der Waals surface area contributed by atoms with Gasteiger partial charge >= 0.3 is 6.18 Å². The molecular weight excluding hydrogens is 333 g/mol. The van der Waals surface area contributed by atoms with Crippen molar-refractivity contribution in [3.05, 3.63) is 59.7 Å². The van der Waals surface area contributed by atoms with E-state index in [1.54, 1.807) is 6.07 Å². The first-order valence-corrected chi connectivity index (χ1v) is 6.91. The molecule has 0 fully saturated rings. The molecule has 2 aromatic carbocycles. The summed E-state index contributed by atoms with van der Waals surface area (Å²) in [6.07, 6.45) is -4.40. The predicted molar refractivity (Wildman–Crippen MR) is 75.0 cm³/mol. The third-order valence-electron chi connectivity index (χ3n) is 2.87. The third kappa shape index (κ3) is 3.10. The molecule has 0 unspecified atom stereocenters. The van der Waals surface area contributed by atoms with E-state index in [9.17, 15) is 18.0 Å². The smallest absolute Gasteiger partial charge is 0.293 e. The Labute approximate surface area is 122 Å². The van der Waals surface area contributed by atoms with Gasteiger partial charge in [-0.15, -0.1) is 0 Å². The molecule has 0 saturated heterocycles. The highest BCUT2D eigenvalue weighted by molar-refractivity contribution is 9.09. The van der Waals surface area contributed by atoms with E-state index < -0.39 is 11.7 Å². The number of alkyl halides is 4. The first-order valence-electron chi connectivity index (χ1n) is 5.79. The van der Waals surface area contributed by atoms with Gasteiger partial charge in [0.15, 0.2) is 5.78 Å². The second-order valence-electron chi connectivity index (χ2n) is 4.18. The quantitative estimate of drug-likeness (QED) is 0.569. The molecule has 0 aliphatic carbocycles. The number of hydrogen-bond acceptors (Lipinski definition) is 1. The van der Waals surface area contributed by atoms with Crippen molar-refractivity contribution in [2.24, 2.45) is 0 Å². The first-order chi connectivity index (χ1) is 9.43. The lowest BCUT2D eigenvalue weighted by atomic mass is 9.98. The van der Waals surface area contributed by atoms with Gasteiger partial charge in [0.2, 0.25) is 0 Å². The zero-order valence-electron chi connectivity index (χ0n) is 10.2. The fourth-order valence-electron chi connectivity index (χ4n) is 1.89. The lowest BCUT2D eigenvalue weighted by Crippen LogP contribution is -2.07. The average Bonchev–Trinajstić information content (AvgIpc) is 2.46. The summed E-state index contributed by atoms with van der Waals surface area (Å²) in [4.78, 5) is 11.5. The van der Waals surface area contributed by atoms with Crippen LogP contribution in [0.25, 0.3) is 11.1 Å². The van der Waals surface area contributed by atoms with E-state index in [2.05, 4.69) is 15.9 Å². The van der Waals surface area contributed by atoms with Crippen LogP contribution >= 0.6 is 15.9 Å². The van der Waals surface area contributed by atoms with E-state index in [1.165, 1.54) is 36.4 Å². The van der Waals surface area contributed by atoms with Crippen LogP contribution in [0, 0.1) is 0 Å². The van der Waals surface area contributed by atoms with Gasteiger partial charge in [-0.2, -0.15) is 13.2 Å². The van der Waals surface area contributed by atoms with Crippen molar-refractivity contribution in [1.29, 1.82) is 0 Å². The van der Waals surface area contributed by atoms with Crippen molar-refractivity contribution in [3.63, 3.8) is 0 Å². The Morgan fingerprint density at radius 2 is 1.60 bits per heavy atom. The van der Waals surface area contributed by atoms with Gasteiger partial charge in [-0.05, 0) is 17.2 Å². The van der Waals surface area contributed by atoms with Gasteiger partial charge in [-0.1, -0.05) is 58.4 Å². The van der Waals surface area contributed by atoms with Gasteiger partial charge in [0.1, 0.15) is 0 Å². The molecule has 0 aromatic heterocycles. The summed E-state index contributed by atoms with van der Waals surface area (Å²) in [7, 11) is 0. The minimum atomic E-state index is -4.40. The molecule has 0 aliphatic heterocycles. The molecule has 1 nitrogen and oxygen atoms in total. The number of carbonyl (C=O) groups is 1. The Balaban J connectivity index is 2.45. The Hall–Kier alpha value is -1.62. The molecule has 0 heterocycles. The number of ketones is 1. The Kier molecular flexibility index (Phi) is 4.28. The van der Waals surface area contributed by atoms with Gasteiger partial charge in [0, 0.05) is 5.56 Å². The highest BCUT2D eigenvalue weighted by Gasteiger charge is 2.33. The fourth-order valence-corrected chi connectivity index (χ4v) is 2.22. The predicted octanol–water partition coefficient (Wildman–Crippen LogP) is 4.95. The van der Waals surface area contributed by atoms with E-state index in [4.69, 9.17) is 0 Å². The normalized spacial score (nSPS) is 11.4. The Bertz CT molecular complexity index is 618. The van der Waals surface area contributed by atoms with Crippen LogP contribution in [0.1, 0.15) is 15.9 Å². The standard InChI is InChI=1S/C15H10BrF3O/c16-9-14(20)11-7-5-10(6-8-11)12-3-1-2-4-13(12)15(17,18)19/h1-8H,9H2. The van der Waals surface area contributed by atoms with Crippen molar-refractivity contribution in [2.45, 2.75) is 6.18 Å². The summed E-state index contributed by atoms with van der Waals surface area (Å²) in [5.74, 6) is -0.111. The molecule has 0 amide bonds. The van der Waals surface area contributed by atoms with Crippen LogP contribution in [0.15, 0.2) is 48.5 Å². The average molecular weight is 343 g/mol. The monoisotopic (exact) mass is 342 g/mol. The lowest BCUT2D eigenvalue weighted by molar-refractivity contribution is -0.137. The molecule has 0 bridgehead atoms. The van der Waals surface area contributed by atoms with Crippen LogP contribution in [0.4, 0.5) is 13.2 Å². The highest BCUT2D eigenvalue weighted by atomic mass is 79.9. The number of Topliss-reactive ketones (excluding diaryl/α,β-unsaturated/α-hetero) is 1. The molecule has 0 saturated carbocycles.